The molecule has 1 unspecified atom stereocenters. The molecule has 3 nitrogen and oxygen atoms in total. The van der Waals surface area contributed by atoms with Crippen LogP contribution in [0.4, 0.5) is 0 Å². The van der Waals surface area contributed by atoms with Crippen molar-refractivity contribution in [3.63, 3.8) is 0 Å². The Kier molecular flexibility index (Phi) is 3.70. The van der Waals surface area contributed by atoms with Crippen molar-refractivity contribution in [1.82, 2.24) is 5.32 Å². The standard InChI is InChI=1S/C17H19NO2/c1-20-17(19)16(18-11-12-6-7-12)15-9-8-13-4-2-3-5-14(13)10-15/h2-5,8-10,12,16,18H,6-7,11H2,1H3. The largest absolute Gasteiger partial charge is 0.468 e. The van der Waals surface area contributed by atoms with Gasteiger partial charge in [-0.25, -0.2) is 4.79 Å². The number of nitrogens with one attached hydrogen (secondary N) is 1. The van der Waals surface area contributed by atoms with Gasteiger partial charge in [0.05, 0.1) is 7.11 Å². The van der Waals surface area contributed by atoms with Crippen molar-refractivity contribution in [2.75, 3.05) is 13.7 Å². The first-order valence-electron chi connectivity index (χ1n) is 7.08. The molecule has 0 radical (unpaired) electrons. The third kappa shape index (κ3) is 2.83. The Labute approximate surface area is 118 Å². The van der Waals surface area contributed by atoms with Crippen LogP contribution in [0.3, 0.4) is 0 Å². The summed E-state index contributed by atoms with van der Waals surface area (Å²) in [5.74, 6) is 0.503. The molecule has 1 saturated carbocycles. The lowest BCUT2D eigenvalue weighted by Gasteiger charge is -2.17. The third-order valence-corrected chi connectivity index (χ3v) is 3.85. The van der Waals surface area contributed by atoms with Crippen molar-refractivity contribution in [3.05, 3.63) is 48.0 Å². The molecule has 3 rings (SSSR count). The number of methoxy groups -OCH3 is 1. The lowest BCUT2D eigenvalue weighted by Crippen LogP contribution is -2.31. The molecule has 1 aliphatic rings. The molecule has 3 heteroatoms. The third-order valence-electron chi connectivity index (χ3n) is 3.85. The van der Waals surface area contributed by atoms with E-state index >= 15 is 0 Å². The fourth-order valence-corrected chi connectivity index (χ4v) is 2.45. The molecular weight excluding hydrogens is 250 g/mol. The van der Waals surface area contributed by atoms with E-state index < -0.39 is 0 Å². The predicted octanol–water partition coefficient (Wildman–Crippen LogP) is 3.05. The predicted molar refractivity (Wildman–Crippen MR) is 79.4 cm³/mol. The number of esters is 1. The number of carbonyl (C=O) groups is 1. The van der Waals surface area contributed by atoms with Crippen LogP contribution < -0.4 is 5.32 Å². The second-order valence-electron chi connectivity index (χ2n) is 5.41. The zero-order chi connectivity index (χ0) is 13.9. The number of ether oxygens (including phenoxy) is 1. The van der Waals surface area contributed by atoms with Gasteiger partial charge in [-0.15, -0.1) is 0 Å². The van der Waals surface area contributed by atoms with Crippen LogP contribution in [-0.4, -0.2) is 19.6 Å². The smallest absolute Gasteiger partial charge is 0.327 e. The molecular formula is C17H19NO2. The molecule has 0 saturated heterocycles. The quantitative estimate of drug-likeness (QED) is 0.848. The Morgan fingerprint density at radius 3 is 2.70 bits per heavy atom. The van der Waals surface area contributed by atoms with Crippen molar-refractivity contribution in [2.45, 2.75) is 18.9 Å². The molecule has 0 spiro atoms. The van der Waals surface area contributed by atoms with E-state index in [9.17, 15) is 4.79 Å². The average Bonchev–Trinajstić information content (AvgIpc) is 3.31. The van der Waals surface area contributed by atoms with E-state index in [-0.39, 0.29) is 12.0 Å². The summed E-state index contributed by atoms with van der Waals surface area (Å²) in [5, 5.41) is 5.67. The van der Waals surface area contributed by atoms with Crippen LogP contribution >= 0.6 is 0 Å². The molecule has 20 heavy (non-hydrogen) atoms. The molecule has 1 atom stereocenters. The van der Waals surface area contributed by atoms with E-state index in [1.807, 2.05) is 18.2 Å². The highest BCUT2D eigenvalue weighted by molar-refractivity contribution is 5.85. The second-order valence-corrected chi connectivity index (χ2v) is 5.41. The number of rotatable bonds is 5. The highest BCUT2D eigenvalue weighted by Gasteiger charge is 2.26. The first-order valence-corrected chi connectivity index (χ1v) is 7.08. The summed E-state index contributed by atoms with van der Waals surface area (Å²) >= 11 is 0. The van der Waals surface area contributed by atoms with Gasteiger partial charge in [-0.2, -0.15) is 0 Å². The Morgan fingerprint density at radius 2 is 2.00 bits per heavy atom. The topological polar surface area (TPSA) is 38.3 Å². The lowest BCUT2D eigenvalue weighted by molar-refractivity contribution is -0.143. The summed E-state index contributed by atoms with van der Waals surface area (Å²) < 4.78 is 4.93. The van der Waals surface area contributed by atoms with Crippen molar-refractivity contribution in [2.24, 2.45) is 5.92 Å². The van der Waals surface area contributed by atoms with E-state index in [1.54, 1.807) is 0 Å². The molecule has 0 aromatic heterocycles. The van der Waals surface area contributed by atoms with Crippen LogP contribution in [-0.2, 0) is 9.53 Å². The molecule has 0 heterocycles. The molecule has 1 fully saturated rings. The Balaban J connectivity index is 1.87. The van der Waals surface area contributed by atoms with Crippen LogP contribution in [0.5, 0.6) is 0 Å². The number of hydrogen-bond donors (Lipinski definition) is 1. The lowest BCUT2D eigenvalue weighted by atomic mass is 10.0. The molecule has 2 aromatic rings. The minimum Gasteiger partial charge on any atom is -0.468 e. The van der Waals surface area contributed by atoms with E-state index in [4.69, 9.17) is 4.74 Å². The van der Waals surface area contributed by atoms with Crippen LogP contribution in [0.15, 0.2) is 42.5 Å². The van der Waals surface area contributed by atoms with Gasteiger partial charge in [0, 0.05) is 0 Å². The number of benzene rings is 2. The summed E-state index contributed by atoms with van der Waals surface area (Å²) in [6.45, 7) is 0.882. The van der Waals surface area contributed by atoms with Gasteiger partial charge in [0.2, 0.25) is 0 Å². The number of hydrogen-bond acceptors (Lipinski definition) is 3. The van der Waals surface area contributed by atoms with Gasteiger partial charge in [0.25, 0.3) is 0 Å². The fourth-order valence-electron chi connectivity index (χ4n) is 2.45. The Bertz CT molecular complexity index is 619. The van der Waals surface area contributed by atoms with E-state index in [2.05, 4.69) is 29.6 Å². The highest BCUT2D eigenvalue weighted by atomic mass is 16.5. The van der Waals surface area contributed by atoms with Crippen molar-refractivity contribution in [3.8, 4) is 0 Å². The van der Waals surface area contributed by atoms with E-state index in [0.29, 0.717) is 0 Å². The normalized spacial score (nSPS) is 16.1. The molecule has 104 valence electrons. The van der Waals surface area contributed by atoms with Gasteiger partial charge in [-0.1, -0.05) is 36.4 Å². The van der Waals surface area contributed by atoms with Gasteiger partial charge in [-0.05, 0) is 47.7 Å². The fraction of sp³-hybridized carbons (Fsp3) is 0.353. The number of fused-ring (bicyclic) bond motifs is 1. The minimum absolute atomic E-state index is 0.221. The van der Waals surface area contributed by atoms with E-state index in [0.717, 1.165) is 23.4 Å². The van der Waals surface area contributed by atoms with Crippen molar-refractivity contribution < 1.29 is 9.53 Å². The molecule has 2 aromatic carbocycles. The molecule has 0 bridgehead atoms. The Morgan fingerprint density at radius 1 is 1.25 bits per heavy atom. The van der Waals surface area contributed by atoms with Crippen molar-refractivity contribution >= 4 is 16.7 Å². The monoisotopic (exact) mass is 269 g/mol. The maximum atomic E-state index is 12.0. The first-order chi connectivity index (χ1) is 9.78. The van der Waals surface area contributed by atoms with Crippen LogP contribution in [0.2, 0.25) is 0 Å². The SMILES string of the molecule is COC(=O)C(NCC1CC1)c1ccc2ccccc2c1. The Hall–Kier alpha value is -1.87. The summed E-state index contributed by atoms with van der Waals surface area (Å²) in [7, 11) is 1.44. The van der Waals surface area contributed by atoms with Gasteiger partial charge in [-0.3, -0.25) is 0 Å². The van der Waals surface area contributed by atoms with Gasteiger partial charge in [0.1, 0.15) is 6.04 Å². The van der Waals surface area contributed by atoms with Crippen LogP contribution in [0.1, 0.15) is 24.4 Å². The van der Waals surface area contributed by atoms with Crippen LogP contribution in [0.25, 0.3) is 10.8 Å². The highest BCUT2D eigenvalue weighted by Crippen LogP contribution is 2.29. The molecule has 1 N–H and O–H groups in total. The molecule has 0 amide bonds. The second kappa shape index (κ2) is 5.63. The maximum Gasteiger partial charge on any atom is 0.327 e. The molecule has 1 aliphatic carbocycles. The van der Waals surface area contributed by atoms with Crippen molar-refractivity contribution in [1.29, 1.82) is 0 Å². The number of carbonyl (C=O) groups excluding carboxylic acids is 1. The van der Waals surface area contributed by atoms with Gasteiger partial charge >= 0.3 is 5.97 Å². The average molecular weight is 269 g/mol. The summed E-state index contributed by atoms with van der Waals surface area (Å²) in [5.41, 5.74) is 0.969. The zero-order valence-corrected chi connectivity index (χ0v) is 11.6. The molecule has 0 aliphatic heterocycles. The first kappa shape index (κ1) is 13.1. The maximum absolute atomic E-state index is 12.0. The van der Waals surface area contributed by atoms with Gasteiger partial charge < -0.3 is 10.1 Å². The van der Waals surface area contributed by atoms with Crippen LogP contribution in [0, 0.1) is 5.92 Å². The minimum atomic E-state index is -0.370. The van der Waals surface area contributed by atoms with E-state index in [1.165, 1.54) is 25.3 Å². The summed E-state index contributed by atoms with van der Waals surface area (Å²) in [6.07, 6.45) is 2.53. The van der Waals surface area contributed by atoms with Gasteiger partial charge in [0.15, 0.2) is 0 Å². The summed E-state index contributed by atoms with van der Waals surface area (Å²) in [4.78, 5) is 12.0. The summed E-state index contributed by atoms with van der Waals surface area (Å²) in [6, 6.07) is 13.9. The zero-order valence-electron chi connectivity index (χ0n) is 11.6.